The van der Waals surface area contributed by atoms with Crippen LogP contribution in [0.15, 0.2) is 91.0 Å². The molecule has 7 nitrogen and oxygen atoms in total. The van der Waals surface area contributed by atoms with E-state index in [9.17, 15) is 9.59 Å². The maximum Gasteiger partial charge on any atom is 0.407 e. The molecule has 1 atom stereocenters. The van der Waals surface area contributed by atoms with Crippen LogP contribution in [-0.4, -0.2) is 43.0 Å². The Hall–Kier alpha value is -3.84. The summed E-state index contributed by atoms with van der Waals surface area (Å²) in [4.78, 5) is 24.9. The topological polar surface area (TPSA) is 88.7 Å². The summed E-state index contributed by atoms with van der Waals surface area (Å²) in [6, 6.07) is 30.5. The van der Waals surface area contributed by atoms with Crippen LogP contribution in [-0.2, 0) is 28.9 Å². The molecule has 0 aliphatic heterocycles. The van der Waals surface area contributed by atoms with Gasteiger partial charge in [-0.25, -0.2) is 9.59 Å². The van der Waals surface area contributed by atoms with Gasteiger partial charge in [0, 0.05) is 25.2 Å². The van der Waals surface area contributed by atoms with Crippen molar-refractivity contribution in [2.24, 2.45) is 0 Å². The summed E-state index contributed by atoms with van der Waals surface area (Å²) in [5.41, 5.74) is 2.94. The van der Waals surface area contributed by atoms with Crippen molar-refractivity contribution in [3.05, 3.63) is 108 Å². The minimum Gasteiger partial charge on any atom is -0.445 e. The highest BCUT2D eigenvalue weighted by atomic mass is 16.6. The van der Waals surface area contributed by atoms with Gasteiger partial charge in [0.05, 0.1) is 0 Å². The number of hydrogen-bond donors (Lipinski definition) is 3. The second-order valence-electron chi connectivity index (χ2n) is 11.3. The third-order valence-corrected chi connectivity index (χ3v) is 6.60. The van der Waals surface area contributed by atoms with Crippen molar-refractivity contribution in [3.8, 4) is 0 Å². The molecule has 0 fully saturated rings. The first-order chi connectivity index (χ1) is 19.8. The van der Waals surface area contributed by atoms with Gasteiger partial charge in [0.15, 0.2) is 0 Å². The monoisotopic (exact) mass is 559 g/mol. The van der Waals surface area contributed by atoms with Crippen molar-refractivity contribution in [2.75, 3.05) is 13.1 Å². The number of ether oxygens (including phenoxy) is 2. The highest BCUT2D eigenvalue weighted by Gasteiger charge is 2.21. The van der Waals surface area contributed by atoms with Crippen LogP contribution in [0.2, 0.25) is 0 Å². The van der Waals surface area contributed by atoms with Gasteiger partial charge in [-0.3, -0.25) is 0 Å². The summed E-state index contributed by atoms with van der Waals surface area (Å²) in [6.45, 7) is 6.63. The second kappa shape index (κ2) is 17.1. The van der Waals surface area contributed by atoms with Gasteiger partial charge in [-0.15, -0.1) is 0 Å². The van der Waals surface area contributed by atoms with Crippen molar-refractivity contribution in [2.45, 2.75) is 77.2 Å². The maximum atomic E-state index is 12.6. The van der Waals surface area contributed by atoms with Crippen LogP contribution in [0, 0.1) is 0 Å². The number of amides is 2. The number of carbonyl (C=O) groups is 2. The van der Waals surface area contributed by atoms with Crippen LogP contribution >= 0.6 is 0 Å². The van der Waals surface area contributed by atoms with Crippen molar-refractivity contribution >= 4 is 12.2 Å². The van der Waals surface area contributed by atoms with Crippen molar-refractivity contribution in [3.63, 3.8) is 0 Å². The van der Waals surface area contributed by atoms with Gasteiger partial charge >= 0.3 is 12.2 Å². The fourth-order valence-corrected chi connectivity index (χ4v) is 4.45. The molecule has 0 bridgehead atoms. The zero-order valence-corrected chi connectivity index (χ0v) is 24.6. The van der Waals surface area contributed by atoms with Gasteiger partial charge in [-0.2, -0.15) is 0 Å². The number of nitrogens with one attached hydrogen (secondary N) is 3. The average molecular weight is 560 g/mol. The van der Waals surface area contributed by atoms with Crippen LogP contribution in [0.1, 0.15) is 56.7 Å². The minimum atomic E-state index is -0.602. The summed E-state index contributed by atoms with van der Waals surface area (Å²) < 4.78 is 10.8. The molecule has 3 N–H and O–H groups in total. The standard InChI is InChI=1S/C34H45N3O4/c1-34(2,3)41-33(39)37-31(23-24-35-32(38)40-26-29-17-11-6-12-18-29)25-36-30(21-19-27-13-7-4-8-14-27)22-20-28-15-9-5-10-16-28/h4-18,30-31,36H,19-26H2,1-3H3,(H,35,38)(H,37,39)/t31-/m0/s1. The summed E-state index contributed by atoms with van der Waals surface area (Å²) >= 11 is 0. The fraction of sp³-hybridized carbons (Fsp3) is 0.412. The zero-order chi connectivity index (χ0) is 29.3. The van der Waals surface area contributed by atoms with Gasteiger partial charge in [0.1, 0.15) is 12.2 Å². The second-order valence-corrected chi connectivity index (χ2v) is 11.3. The van der Waals surface area contributed by atoms with E-state index in [2.05, 4.69) is 64.5 Å². The van der Waals surface area contributed by atoms with Gasteiger partial charge in [0.25, 0.3) is 0 Å². The van der Waals surface area contributed by atoms with Crippen LogP contribution in [0.25, 0.3) is 0 Å². The SMILES string of the molecule is CC(C)(C)OC(=O)N[C@@H](CCNC(=O)OCc1ccccc1)CNC(CCc1ccccc1)CCc1ccccc1. The van der Waals surface area contributed by atoms with Gasteiger partial charge in [0.2, 0.25) is 0 Å². The van der Waals surface area contributed by atoms with E-state index in [1.807, 2.05) is 63.2 Å². The highest BCUT2D eigenvalue weighted by molar-refractivity contribution is 5.68. The maximum absolute atomic E-state index is 12.6. The van der Waals surface area contributed by atoms with E-state index >= 15 is 0 Å². The van der Waals surface area contributed by atoms with Gasteiger partial charge in [-0.1, -0.05) is 91.0 Å². The predicted octanol–water partition coefficient (Wildman–Crippen LogP) is 6.42. The first kappa shape index (κ1) is 31.7. The van der Waals surface area contributed by atoms with E-state index in [0.717, 1.165) is 31.2 Å². The van der Waals surface area contributed by atoms with E-state index in [-0.39, 0.29) is 18.7 Å². The van der Waals surface area contributed by atoms with Crippen molar-refractivity contribution in [1.82, 2.24) is 16.0 Å². The van der Waals surface area contributed by atoms with E-state index in [0.29, 0.717) is 19.5 Å². The molecule has 0 aliphatic carbocycles. The summed E-state index contributed by atoms with van der Waals surface area (Å²) in [5.74, 6) is 0. The van der Waals surface area contributed by atoms with Crippen LogP contribution in [0.4, 0.5) is 9.59 Å². The Morgan fingerprint density at radius 3 is 1.71 bits per heavy atom. The molecule has 3 aromatic carbocycles. The molecule has 220 valence electrons. The Kier molecular flexibility index (Phi) is 13.2. The lowest BCUT2D eigenvalue weighted by Crippen LogP contribution is -2.48. The zero-order valence-electron chi connectivity index (χ0n) is 24.6. The van der Waals surface area contributed by atoms with E-state index < -0.39 is 17.8 Å². The summed E-state index contributed by atoms with van der Waals surface area (Å²) in [7, 11) is 0. The van der Waals surface area contributed by atoms with Crippen molar-refractivity contribution < 1.29 is 19.1 Å². The average Bonchev–Trinajstić information content (AvgIpc) is 2.96. The number of carbonyl (C=O) groups excluding carboxylic acids is 2. The summed E-state index contributed by atoms with van der Waals surface area (Å²) in [6.07, 6.45) is 3.44. The van der Waals surface area contributed by atoms with Crippen LogP contribution in [0.5, 0.6) is 0 Å². The minimum absolute atomic E-state index is 0.207. The number of benzene rings is 3. The lowest BCUT2D eigenvalue weighted by Gasteiger charge is -2.26. The molecule has 7 heteroatoms. The first-order valence-electron chi connectivity index (χ1n) is 14.5. The third kappa shape index (κ3) is 13.9. The third-order valence-electron chi connectivity index (χ3n) is 6.60. The molecule has 0 aliphatic rings. The van der Waals surface area contributed by atoms with E-state index in [4.69, 9.17) is 9.47 Å². The van der Waals surface area contributed by atoms with Crippen LogP contribution in [0.3, 0.4) is 0 Å². The molecule has 3 aromatic rings. The quantitative estimate of drug-likeness (QED) is 0.200. The number of rotatable bonds is 15. The van der Waals surface area contributed by atoms with Crippen molar-refractivity contribution in [1.29, 1.82) is 0 Å². The van der Waals surface area contributed by atoms with Crippen LogP contribution < -0.4 is 16.0 Å². The number of hydrogen-bond acceptors (Lipinski definition) is 5. The van der Waals surface area contributed by atoms with E-state index in [1.54, 1.807) is 0 Å². The molecule has 41 heavy (non-hydrogen) atoms. The Morgan fingerprint density at radius 1 is 0.683 bits per heavy atom. The van der Waals surface area contributed by atoms with Gasteiger partial charge < -0.3 is 25.4 Å². The number of aryl methyl sites for hydroxylation is 2. The Balaban J connectivity index is 1.56. The molecule has 0 spiro atoms. The molecule has 0 heterocycles. The summed E-state index contributed by atoms with van der Waals surface area (Å²) in [5, 5.41) is 9.50. The first-order valence-corrected chi connectivity index (χ1v) is 14.5. The highest BCUT2D eigenvalue weighted by Crippen LogP contribution is 2.12. The Labute approximate surface area is 245 Å². The molecular weight excluding hydrogens is 514 g/mol. The molecule has 0 radical (unpaired) electrons. The van der Waals surface area contributed by atoms with E-state index in [1.165, 1.54) is 11.1 Å². The normalized spacial score (nSPS) is 12.0. The Bertz CT molecular complexity index is 1110. The lowest BCUT2D eigenvalue weighted by molar-refractivity contribution is 0.0500. The smallest absolute Gasteiger partial charge is 0.407 e. The molecular formula is C34H45N3O4. The van der Waals surface area contributed by atoms with Gasteiger partial charge in [-0.05, 0) is 69.6 Å². The lowest BCUT2D eigenvalue weighted by atomic mass is 9.98. The molecule has 0 aromatic heterocycles. The predicted molar refractivity (Wildman–Crippen MR) is 164 cm³/mol. The molecule has 0 saturated carbocycles. The number of alkyl carbamates (subject to hydrolysis) is 2. The largest absolute Gasteiger partial charge is 0.445 e. The molecule has 2 amide bonds. The molecule has 0 saturated heterocycles. The molecule has 0 unspecified atom stereocenters. The fourth-order valence-electron chi connectivity index (χ4n) is 4.45. The molecule has 3 rings (SSSR count). The Morgan fingerprint density at radius 2 is 1.20 bits per heavy atom.